The maximum Gasteiger partial charge on any atom is 0.337 e. The van der Waals surface area contributed by atoms with Gasteiger partial charge in [-0.2, -0.15) is 0 Å². The minimum atomic E-state index is -0.980. The molecule has 0 unspecified atom stereocenters. The summed E-state index contributed by atoms with van der Waals surface area (Å²) in [6, 6.07) is 1.67. The van der Waals surface area contributed by atoms with Crippen LogP contribution in [-0.4, -0.2) is 23.2 Å². The zero-order valence-electron chi connectivity index (χ0n) is 6.07. The fourth-order valence-corrected chi connectivity index (χ4v) is 0.879. The molecule has 0 saturated heterocycles. The molecule has 0 aromatic carbocycles. The number of carboxylic acids is 1. The number of hydrogen-bond donors (Lipinski definition) is 2. The van der Waals surface area contributed by atoms with E-state index in [0.717, 1.165) is 0 Å². The van der Waals surface area contributed by atoms with E-state index in [9.17, 15) is 4.79 Å². The number of aliphatic carboxylic acids is 1. The van der Waals surface area contributed by atoms with Crippen LogP contribution in [-0.2, 0) is 9.53 Å². The summed E-state index contributed by atoms with van der Waals surface area (Å²) in [6.45, 7) is 0. The van der Waals surface area contributed by atoms with E-state index in [1.807, 2.05) is 0 Å². The van der Waals surface area contributed by atoms with Gasteiger partial charge in [0.05, 0.1) is 0 Å². The number of aromatic amines is 1. The zero-order valence-corrected chi connectivity index (χ0v) is 6.07. The van der Waals surface area contributed by atoms with Crippen molar-refractivity contribution in [1.82, 2.24) is 4.98 Å². The Bertz CT molecular complexity index is 230. The van der Waals surface area contributed by atoms with E-state index in [0.29, 0.717) is 5.56 Å². The Hall–Kier alpha value is -1.29. The predicted molar refractivity (Wildman–Crippen MR) is 38.2 cm³/mol. The summed E-state index contributed by atoms with van der Waals surface area (Å²) < 4.78 is 4.74. The van der Waals surface area contributed by atoms with Crippen molar-refractivity contribution in [3.05, 3.63) is 24.0 Å². The molecular formula is C7H9NO3. The Morgan fingerprint density at radius 3 is 2.91 bits per heavy atom. The molecule has 0 aliphatic rings. The van der Waals surface area contributed by atoms with Crippen molar-refractivity contribution in [2.24, 2.45) is 0 Å². The first kappa shape index (κ1) is 7.81. The highest BCUT2D eigenvalue weighted by molar-refractivity contribution is 5.74. The van der Waals surface area contributed by atoms with Crippen molar-refractivity contribution in [2.75, 3.05) is 7.11 Å². The van der Waals surface area contributed by atoms with Crippen molar-refractivity contribution in [3.8, 4) is 0 Å². The summed E-state index contributed by atoms with van der Waals surface area (Å²) in [7, 11) is 1.37. The molecule has 11 heavy (non-hydrogen) atoms. The van der Waals surface area contributed by atoms with E-state index in [-0.39, 0.29) is 0 Å². The lowest BCUT2D eigenvalue weighted by atomic mass is 10.2. The average molecular weight is 155 g/mol. The van der Waals surface area contributed by atoms with Crippen LogP contribution in [0.3, 0.4) is 0 Å². The topological polar surface area (TPSA) is 62.3 Å². The molecule has 1 aromatic rings. The van der Waals surface area contributed by atoms with E-state index in [2.05, 4.69) is 4.98 Å². The van der Waals surface area contributed by atoms with Gasteiger partial charge in [-0.1, -0.05) is 0 Å². The first-order valence-corrected chi connectivity index (χ1v) is 3.14. The maximum absolute atomic E-state index is 10.5. The van der Waals surface area contributed by atoms with Gasteiger partial charge in [0.1, 0.15) is 0 Å². The number of carboxylic acid groups (broad SMARTS) is 1. The van der Waals surface area contributed by atoms with Gasteiger partial charge >= 0.3 is 5.97 Å². The third-order valence-electron chi connectivity index (χ3n) is 1.38. The summed E-state index contributed by atoms with van der Waals surface area (Å²) in [4.78, 5) is 13.2. The second-order valence-electron chi connectivity index (χ2n) is 2.10. The van der Waals surface area contributed by atoms with Gasteiger partial charge in [0, 0.05) is 25.1 Å². The minimum Gasteiger partial charge on any atom is -0.479 e. The van der Waals surface area contributed by atoms with E-state index >= 15 is 0 Å². The second kappa shape index (κ2) is 3.21. The number of H-pyrrole nitrogens is 1. The molecule has 0 amide bonds. The van der Waals surface area contributed by atoms with E-state index in [1.54, 1.807) is 18.5 Å². The quantitative estimate of drug-likeness (QED) is 0.678. The van der Waals surface area contributed by atoms with Crippen LogP contribution in [0.25, 0.3) is 0 Å². The Morgan fingerprint density at radius 1 is 1.82 bits per heavy atom. The largest absolute Gasteiger partial charge is 0.479 e. The fraction of sp³-hybridized carbons (Fsp3) is 0.286. The Labute approximate surface area is 63.8 Å². The Kier molecular flexibility index (Phi) is 2.28. The monoisotopic (exact) mass is 155 g/mol. The van der Waals surface area contributed by atoms with Gasteiger partial charge in [0.2, 0.25) is 0 Å². The van der Waals surface area contributed by atoms with Crippen LogP contribution in [0.5, 0.6) is 0 Å². The van der Waals surface area contributed by atoms with Crippen LogP contribution in [0.4, 0.5) is 0 Å². The summed E-state index contributed by atoms with van der Waals surface area (Å²) in [6.07, 6.45) is 2.40. The van der Waals surface area contributed by atoms with Crippen LogP contribution in [0, 0.1) is 0 Å². The lowest BCUT2D eigenvalue weighted by molar-refractivity contribution is -0.148. The van der Waals surface area contributed by atoms with Crippen molar-refractivity contribution in [3.63, 3.8) is 0 Å². The molecule has 1 atom stereocenters. The lowest BCUT2D eigenvalue weighted by Gasteiger charge is -2.06. The van der Waals surface area contributed by atoms with Gasteiger partial charge in [-0.05, 0) is 6.07 Å². The number of hydrogen-bond acceptors (Lipinski definition) is 2. The van der Waals surface area contributed by atoms with Crippen molar-refractivity contribution < 1.29 is 14.6 Å². The molecule has 0 saturated carbocycles. The predicted octanol–water partition coefficient (Wildman–Crippen LogP) is 0.787. The number of nitrogens with one attached hydrogen (secondary N) is 1. The molecule has 0 fully saturated rings. The SMILES string of the molecule is CO[C@H](C(=O)O)c1cc[nH]c1. The van der Waals surface area contributed by atoms with Gasteiger partial charge < -0.3 is 14.8 Å². The lowest BCUT2D eigenvalue weighted by Crippen LogP contribution is -2.12. The van der Waals surface area contributed by atoms with Gasteiger partial charge in [-0.15, -0.1) is 0 Å². The van der Waals surface area contributed by atoms with Crippen molar-refractivity contribution in [2.45, 2.75) is 6.10 Å². The third-order valence-corrected chi connectivity index (χ3v) is 1.38. The molecule has 0 bridgehead atoms. The smallest absolute Gasteiger partial charge is 0.337 e. The van der Waals surface area contributed by atoms with Crippen LogP contribution < -0.4 is 0 Å². The average Bonchev–Trinajstić information content (AvgIpc) is 2.40. The normalized spacial score (nSPS) is 12.8. The first-order valence-electron chi connectivity index (χ1n) is 3.14. The molecule has 1 heterocycles. The molecule has 60 valence electrons. The first-order chi connectivity index (χ1) is 5.25. The van der Waals surface area contributed by atoms with Crippen LogP contribution in [0.1, 0.15) is 11.7 Å². The summed E-state index contributed by atoms with van der Waals surface area (Å²) >= 11 is 0. The van der Waals surface area contributed by atoms with Crippen molar-refractivity contribution in [1.29, 1.82) is 0 Å². The molecule has 0 aliphatic carbocycles. The molecule has 4 heteroatoms. The molecule has 4 nitrogen and oxygen atoms in total. The van der Waals surface area contributed by atoms with E-state index in [4.69, 9.17) is 9.84 Å². The van der Waals surface area contributed by atoms with Crippen LogP contribution in [0.15, 0.2) is 18.5 Å². The standard InChI is InChI=1S/C7H9NO3/c1-11-6(7(9)10)5-2-3-8-4-5/h2-4,6,8H,1H3,(H,9,10)/t6-/m0/s1. The Morgan fingerprint density at radius 2 is 2.55 bits per heavy atom. The zero-order chi connectivity index (χ0) is 8.27. The highest BCUT2D eigenvalue weighted by Crippen LogP contribution is 2.14. The molecule has 2 N–H and O–H groups in total. The van der Waals surface area contributed by atoms with Gasteiger partial charge in [0.25, 0.3) is 0 Å². The number of methoxy groups -OCH3 is 1. The third kappa shape index (κ3) is 1.59. The van der Waals surface area contributed by atoms with E-state index in [1.165, 1.54) is 7.11 Å². The Balaban J connectivity index is 2.79. The second-order valence-corrected chi connectivity index (χ2v) is 2.10. The molecule has 1 aromatic heterocycles. The molecular weight excluding hydrogens is 146 g/mol. The highest BCUT2D eigenvalue weighted by Gasteiger charge is 2.18. The fourth-order valence-electron chi connectivity index (χ4n) is 0.879. The minimum absolute atomic E-state index is 0.625. The number of carbonyl (C=O) groups is 1. The highest BCUT2D eigenvalue weighted by atomic mass is 16.5. The van der Waals surface area contributed by atoms with Gasteiger partial charge in [-0.3, -0.25) is 0 Å². The summed E-state index contributed by atoms with van der Waals surface area (Å²) in [5.74, 6) is -0.980. The molecule has 0 aliphatic heterocycles. The number of ether oxygens (including phenoxy) is 1. The summed E-state index contributed by atoms with van der Waals surface area (Å²) in [5.41, 5.74) is 0.625. The van der Waals surface area contributed by atoms with Crippen LogP contribution in [0.2, 0.25) is 0 Å². The van der Waals surface area contributed by atoms with Crippen LogP contribution >= 0.6 is 0 Å². The van der Waals surface area contributed by atoms with Gasteiger partial charge in [0.15, 0.2) is 6.10 Å². The number of rotatable bonds is 3. The molecule has 0 spiro atoms. The molecule has 1 rings (SSSR count). The maximum atomic E-state index is 10.5. The number of aromatic nitrogens is 1. The van der Waals surface area contributed by atoms with E-state index < -0.39 is 12.1 Å². The molecule has 0 radical (unpaired) electrons. The van der Waals surface area contributed by atoms with Crippen molar-refractivity contribution >= 4 is 5.97 Å². The van der Waals surface area contributed by atoms with Gasteiger partial charge in [-0.25, -0.2) is 4.79 Å². The summed E-state index contributed by atoms with van der Waals surface area (Å²) in [5, 5.41) is 8.61.